The van der Waals surface area contributed by atoms with Gasteiger partial charge in [-0.1, -0.05) is 17.3 Å². The van der Waals surface area contributed by atoms with Crippen LogP contribution in [0.1, 0.15) is 6.92 Å². The van der Waals surface area contributed by atoms with Gasteiger partial charge in [0.05, 0.1) is 6.61 Å². The minimum atomic E-state index is -0.544. The van der Waals surface area contributed by atoms with Crippen molar-refractivity contribution in [3.05, 3.63) is 34.7 Å². The molecule has 0 saturated carbocycles. The average molecular weight is 231 g/mol. The van der Waals surface area contributed by atoms with Crippen molar-refractivity contribution in [3.63, 3.8) is 0 Å². The van der Waals surface area contributed by atoms with Crippen LogP contribution in [0.15, 0.2) is 38.0 Å². The Hall–Kier alpha value is -2.30. The Bertz CT molecular complexity index is 697. The Kier molecular flexibility index (Phi) is 2.11. The Morgan fingerprint density at radius 1 is 1.35 bits per heavy atom. The van der Waals surface area contributed by atoms with E-state index in [0.717, 1.165) is 5.39 Å². The van der Waals surface area contributed by atoms with Gasteiger partial charge in [-0.3, -0.25) is 0 Å². The van der Waals surface area contributed by atoms with Crippen LogP contribution in [0, 0.1) is 0 Å². The standard InChI is InChI=1S/C12H9NO4/c1-2-15-12-9-10(13-17-11(9)14)7-5-3-4-6-8(7)16-12/h3-6H,2H2,1H3. The van der Waals surface area contributed by atoms with Gasteiger partial charge in [0.2, 0.25) is 0 Å². The average Bonchev–Trinajstić information content (AvgIpc) is 2.73. The lowest BCUT2D eigenvalue weighted by Gasteiger charge is -2.07. The molecule has 0 bridgehead atoms. The van der Waals surface area contributed by atoms with Crippen molar-refractivity contribution in [3.8, 4) is 17.2 Å². The highest BCUT2D eigenvalue weighted by Gasteiger charge is 2.24. The van der Waals surface area contributed by atoms with Gasteiger partial charge in [-0.15, -0.1) is 0 Å². The summed E-state index contributed by atoms with van der Waals surface area (Å²) < 4.78 is 15.5. The van der Waals surface area contributed by atoms with Crippen LogP contribution in [0.3, 0.4) is 0 Å². The summed E-state index contributed by atoms with van der Waals surface area (Å²) >= 11 is 0. The second kappa shape index (κ2) is 3.62. The largest absolute Gasteiger partial charge is 0.465 e. The van der Waals surface area contributed by atoms with Gasteiger partial charge in [0.25, 0.3) is 0 Å². The molecule has 0 aromatic heterocycles. The van der Waals surface area contributed by atoms with Crippen molar-refractivity contribution in [2.75, 3.05) is 6.61 Å². The third-order valence-corrected chi connectivity index (χ3v) is 2.49. The van der Waals surface area contributed by atoms with Crippen molar-refractivity contribution in [2.24, 2.45) is 0 Å². The molecule has 17 heavy (non-hydrogen) atoms. The van der Waals surface area contributed by atoms with Crippen molar-refractivity contribution < 1.29 is 13.7 Å². The molecule has 3 rings (SSSR count). The molecule has 2 aliphatic heterocycles. The summed E-state index contributed by atoms with van der Waals surface area (Å²) in [4.78, 5) is 11.5. The van der Waals surface area contributed by atoms with Crippen LogP contribution >= 0.6 is 0 Å². The first-order valence-corrected chi connectivity index (χ1v) is 5.25. The Labute approximate surface area is 95.9 Å². The Balaban J connectivity index is 2.45. The summed E-state index contributed by atoms with van der Waals surface area (Å²) in [5.41, 5.74) is 0.792. The minimum absolute atomic E-state index is 0.160. The van der Waals surface area contributed by atoms with Gasteiger partial charge in [-0.05, 0) is 19.1 Å². The van der Waals surface area contributed by atoms with Gasteiger partial charge in [0.1, 0.15) is 11.3 Å². The fraction of sp³-hybridized carbons (Fsp3) is 0.167. The molecule has 1 aromatic rings. The topological polar surface area (TPSA) is 65.5 Å². The van der Waals surface area contributed by atoms with E-state index in [1.54, 1.807) is 6.07 Å². The molecule has 0 N–H and O–H groups in total. The summed E-state index contributed by atoms with van der Waals surface area (Å²) in [7, 11) is 0. The highest BCUT2D eigenvalue weighted by molar-refractivity contribution is 5.93. The van der Waals surface area contributed by atoms with Crippen molar-refractivity contribution in [1.82, 2.24) is 5.16 Å². The predicted octanol–water partition coefficient (Wildman–Crippen LogP) is 2.28. The molecule has 0 saturated heterocycles. The van der Waals surface area contributed by atoms with Crippen molar-refractivity contribution in [2.45, 2.75) is 6.92 Å². The van der Waals surface area contributed by atoms with Gasteiger partial charge >= 0.3 is 11.6 Å². The number of hydrogen-bond donors (Lipinski definition) is 0. The molecule has 0 fully saturated rings. The van der Waals surface area contributed by atoms with E-state index in [9.17, 15) is 4.79 Å². The first-order chi connectivity index (χ1) is 8.31. The van der Waals surface area contributed by atoms with E-state index >= 15 is 0 Å². The first kappa shape index (κ1) is 9.89. The summed E-state index contributed by atoms with van der Waals surface area (Å²) in [6.45, 7) is 2.22. The zero-order chi connectivity index (χ0) is 11.8. The third kappa shape index (κ3) is 1.39. The predicted molar refractivity (Wildman–Crippen MR) is 60.3 cm³/mol. The molecule has 5 heteroatoms. The number of hydrogen-bond acceptors (Lipinski definition) is 5. The number of aromatic nitrogens is 1. The van der Waals surface area contributed by atoms with Crippen LogP contribution in [0.25, 0.3) is 22.2 Å². The van der Waals surface area contributed by atoms with Gasteiger partial charge in [-0.25, -0.2) is 4.79 Å². The van der Waals surface area contributed by atoms with Crippen LogP contribution in [0.2, 0.25) is 0 Å². The van der Waals surface area contributed by atoms with Gasteiger partial charge in [0, 0.05) is 5.39 Å². The van der Waals surface area contributed by atoms with Gasteiger partial charge in [-0.2, -0.15) is 0 Å². The molecule has 0 atom stereocenters. The fourth-order valence-electron chi connectivity index (χ4n) is 1.77. The monoisotopic (exact) mass is 231 g/mol. The molecular formula is C12H9NO4. The van der Waals surface area contributed by atoms with Crippen LogP contribution in [-0.2, 0) is 0 Å². The maximum absolute atomic E-state index is 11.5. The number of fused-ring (bicyclic) bond motifs is 3. The van der Waals surface area contributed by atoms with Gasteiger partial charge < -0.3 is 13.7 Å². The summed E-state index contributed by atoms with van der Waals surface area (Å²) in [5, 5.41) is 4.49. The number of rotatable bonds is 2. The molecule has 86 valence electrons. The lowest BCUT2D eigenvalue weighted by Crippen LogP contribution is -2.02. The number of benzene rings is 1. The van der Waals surface area contributed by atoms with E-state index in [1.807, 2.05) is 25.1 Å². The Morgan fingerprint density at radius 3 is 3.00 bits per heavy atom. The van der Waals surface area contributed by atoms with Gasteiger partial charge in [0.15, 0.2) is 5.56 Å². The molecule has 0 spiro atoms. The SMILES string of the molecule is CCOc1oc2ccccc2c2noc(=O)c1-2. The molecule has 0 aliphatic carbocycles. The summed E-state index contributed by atoms with van der Waals surface area (Å²) in [6, 6.07) is 7.29. The number of para-hydroxylation sites is 1. The number of nitrogens with zero attached hydrogens (tertiary/aromatic N) is 1. The van der Waals surface area contributed by atoms with E-state index in [-0.39, 0.29) is 11.5 Å². The zero-order valence-corrected chi connectivity index (χ0v) is 9.10. The molecule has 0 radical (unpaired) electrons. The first-order valence-electron chi connectivity index (χ1n) is 5.25. The summed E-state index contributed by atoms with van der Waals surface area (Å²) in [5.74, 6) is 0.160. The molecule has 2 heterocycles. The van der Waals surface area contributed by atoms with E-state index < -0.39 is 5.63 Å². The molecule has 1 aromatic carbocycles. The molecule has 5 nitrogen and oxygen atoms in total. The van der Waals surface area contributed by atoms with Crippen LogP contribution in [-0.4, -0.2) is 11.8 Å². The van der Waals surface area contributed by atoms with Crippen LogP contribution in [0.4, 0.5) is 0 Å². The normalized spacial score (nSPS) is 11.1. The lowest BCUT2D eigenvalue weighted by molar-refractivity contribution is 0.262. The maximum atomic E-state index is 11.5. The molecular weight excluding hydrogens is 222 g/mol. The van der Waals surface area contributed by atoms with E-state index in [4.69, 9.17) is 9.15 Å². The van der Waals surface area contributed by atoms with Crippen molar-refractivity contribution in [1.29, 1.82) is 0 Å². The van der Waals surface area contributed by atoms with E-state index in [2.05, 4.69) is 9.68 Å². The Morgan fingerprint density at radius 2 is 2.18 bits per heavy atom. The molecule has 0 unspecified atom stereocenters. The molecule has 0 amide bonds. The highest BCUT2D eigenvalue weighted by Crippen LogP contribution is 2.35. The number of ether oxygens (including phenoxy) is 1. The fourth-order valence-corrected chi connectivity index (χ4v) is 1.77. The third-order valence-electron chi connectivity index (χ3n) is 2.49. The molecule has 2 aliphatic rings. The minimum Gasteiger partial charge on any atom is -0.465 e. The van der Waals surface area contributed by atoms with Crippen molar-refractivity contribution >= 4 is 11.0 Å². The smallest absolute Gasteiger partial charge is 0.375 e. The highest BCUT2D eigenvalue weighted by atomic mass is 16.6. The van der Waals surface area contributed by atoms with Crippen LogP contribution < -0.4 is 10.4 Å². The second-order valence-electron chi connectivity index (χ2n) is 3.51. The van der Waals surface area contributed by atoms with Crippen LogP contribution in [0.5, 0.6) is 5.95 Å². The summed E-state index contributed by atoms with van der Waals surface area (Å²) in [6.07, 6.45) is 0. The maximum Gasteiger partial charge on any atom is 0.375 e. The zero-order valence-electron chi connectivity index (χ0n) is 9.10. The van der Waals surface area contributed by atoms with E-state index in [1.165, 1.54) is 0 Å². The van der Waals surface area contributed by atoms with E-state index in [0.29, 0.717) is 17.9 Å². The lowest BCUT2D eigenvalue weighted by atomic mass is 10.1. The quantitative estimate of drug-likeness (QED) is 0.676. The second-order valence-corrected chi connectivity index (χ2v) is 3.51.